The fraction of sp³-hybridized carbons (Fsp3) is 0.588. The Morgan fingerprint density at radius 3 is 2.88 bits per heavy atom. The Kier molecular flexibility index (Phi) is 5.25. The summed E-state index contributed by atoms with van der Waals surface area (Å²) in [5.41, 5.74) is 2.42. The minimum Gasteiger partial charge on any atom is -0.354 e. The van der Waals surface area contributed by atoms with E-state index in [2.05, 4.69) is 15.3 Å². The predicted octanol–water partition coefficient (Wildman–Crippen LogP) is 1.08. The van der Waals surface area contributed by atoms with Crippen LogP contribution in [-0.2, 0) is 16.1 Å². The molecule has 0 radical (unpaired) electrons. The van der Waals surface area contributed by atoms with Crippen molar-refractivity contribution < 1.29 is 9.59 Å². The maximum Gasteiger partial charge on any atom is 0.222 e. The summed E-state index contributed by atoms with van der Waals surface area (Å²) in [6.45, 7) is 6.00. The molecule has 0 unspecified atom stereocenters. The van der Waals surface area contributed by atoms with Crippen LogP contribution in [0.1, 0.15) is 44.7 Å². The molecule has 8 nitrogen and oxygen atoms in total. The Labute approximate surface area is 146 Å². The molecule has 2 aromatic rings. The van der Waals surface area contributed by atoms with Gasteiger partial charge in [-0.2, -0.15) is 5.10 Å². The third kappa shape index (κ3) is 3.78. The number of aromatic nitrogens is 4. The zero-order valence-corrected chi connectivity index (χ0v) is 14.7. The average molecular weight is 344 g/mol. The zero-order valence-electron chi connectivity index (χ0n) is 14.7. The summed E-state index contributed by atoms with van der Waals surface area (Å²) in [6.07, 6.45) is 5.67. The van der Waals surface area contributed by atoms with E-state index in [1.165, 1.54) is 6.92 Å². The van der Waals surface area contributed by atoms with Crippen LogP contribution in [0.15, 0.2) is 12.4 Å². The number of carbonyl (C=O) groups is 2. The number of rotatable bonds is 6. The van der Waals surface area contributed by atoms with Gasteiger partial charge in [0.25, 0.3) is 0 Å². The zero-order chi connectivity index (χ0) is 17.8. The van der Waals surface area contributed by atoms with Crippen molar-refractivity contribution in [1.29, 1.82) is 0 Å². The topological polar surface area (TPSA) is 93.0 Å². The van der Waals surface area contributed by atoms with Crippen molar-refractivity contribution in [2.45, 2.75) is 45.6 Å². The first kappa shape index (κ1) is 17.3. The molecular formula is C17H24N6O2. The molecule has 25 heavy (non-hydrogen) atoms. The van der Waals surface area contributed by atoms with Crippen LogP contribution in [0.2, 0.25) is 0 Å². The molecule has 0 aliphatic carbocycles. The van der Waals surface area contributed by atoms with Crippen LogP contribution >= 0.6 is 0 Å². The first-order valence-corrected chi connectivity index (χ1v) is 8.79. The van der Waals surface area contributed by atoms with E-state index in [1.807, 2.05) is 11.8 Å². The van der Waals surface area contributed by atoms with Gasteiger partial charge in [0.2, 0.25) is 11.8 Å². The Bertz CT molecular complexity index is 772. The van der Waals surface area contributed by atoms with Gasteiger partial charge >= 0.3 is 0 Å². The first-order chi connectivity index (χ1) is 12.1. The van der Waals surface area contributed by atoms with E-state index in [0.717, 1.165) is 36.2 Å². The van der Waals surface area contributed by atoms with Crippen molar-refractivity contribution >= 4 is 23.0 Å². The van der Waals surface area contributed by atoms with Gasteiger partial charge < -0.3 is 10.2 Å². The van der Waals surface area contributed by atoms with E-state index in [-0.39, 0.29) is 17.7 Å². The van der Waals surface area contributed by atoms with Crippen LogP contribution in [0.3, 0.4) is 0 Å². The maximum atomic E-state index is 12.1. The molecular weight excluding hydrogens is 320 g/mol. The quantitative estimate of drug-likeness (QED) is 0.846. The van der Waals surface area contributed by atoms with Crippen molar-refractivity contribution in [3.8, 4) is 0 Å². The highest BCUT2D eigenvalue weighted by atomic mass is 16.2. The van der Waals surface area contributed by atoms with Crippen molar-refractivity contribution in [2.75, 3.05) is 19.6 Å². The minimum absolute atomic E-state index is 0.0661. The first-order valence-electron chi connectivity index (χ1n) is 8.79. The molecule has 8 heteroatoms. The van der Waals surface area contributed by atoms with E-state index in [4.69, 9.17) is 5.10 Å². The lowest BCUT2D eigenvalue weighted by Crippen LogP contribution is -2.28. The smallest absolute Gasteiger partial charge is 0.222 e. The average Bonchev–Trinajstić information content (AvgIpc) is 3.20. The molecule has 0 saturated carbocycles. The van der Waals surface area contributed by atoms with Crippen LogP contribution in [0, 0.1) is 0 Å². The lowest BCUT2D eigenvalue weighted by atomic mass is 10.0. The molecule has 1 fully saturated rings. The number of carbonyl (C=O) groups excluding carboxylic acids is 2. The van der Waals surface area contributed by atoms with E-state index in [1.54, 1.807) is 17.1 Å². The summed E-state index contributed by atoms with van der Waals surface area (Å²) < 4.78 is 1.80. The van der Waals surface area contributed by atoms with Gasteiger partial charge in [0.15, 0.2) is 5.65 Å². The second kappa shape index (κ2) is 7.58. The van der Waals surface area contributed by atoms with Gasteiger partial charge in [-0.25, -0.2) is 14.6 Å². The van der Waals surface area contributed by atoms with E-state index in [9.17, 15) is 9.59 Å². The van der Waals surface area contributed by atoms with Gasteiger partial charge in [-0.1, -0.05) is 6.92 Å². The standard InChI is InChI=1S/C17H24N6O2/c1-3-4-14(25)22-9-5-13(11-22)15-16-17(20-7-6-19-16)23(21-15)10-8-18-12(2)24/h6-7,13H,3-5,8-11H2,1-2H3,(H,18,24)/t13-/m1/s1. The second-order valence-corrected chi connectivity index (χ2v) is 6.40. The van der Waals surface area contributed by atoms with Crippen molar-refractivity contribution in [1.82, 2.24) is 30.0 Å². The number of likely N-dealkylation sites (tertiary alicyclic amines) is 1. The maximum absolute atomic E-state index is 12.1. The molecule has 1 aliphatic heterocycles. The molecule has 2 aromatic heterocycles. The van der Waals surface area contributed by atoms with Gasteiger partial charge in [-0.15, -0.1) is 0 Å². The fourth-order valence-electron chi connectivity index (χ4n) is 3.28. The Hall–Kier alpha value is -2.51. The molecule has 0 spiro atoms. The summed E-state index contributed by atoms with van der Waals surface area (Å²) in [4.78, 5) is 34.0. The summed E-state index contributed by atoms with van der Waals surface area (Å²) >= 11 is 0. The number of hydrogen-bond acceptors (Lipinski definition) is 5. The molecule has 1 aliphatic rings. The van der Waals surface area contributed by atoms with Gasteiger partial charge in [-0.05, 0) is 12.8 Å². The molecule has 1 N–H and O–H groups in total. The van der Waals surface area contributed by atoms with Gasteiger partial charge in [-0.3, -0.25) is 9.59 Å². The van der Waals surface area contributed by atoms with Crippen LogP contribution in [-0.4, -0.2) is 56.1 Å². The number of hydrogen-bond donors (Lipinski definition) is 1. The minimum atomic E-state index is -0.0661. The normalized spacial score (nSPS) is 17.2. The Morgan fingerprint density at radius 1 is 1.32 bits per heavy atom. The summed E-state index contributed by atoms with van der Waals surface area (Å²) in [5, 5.41) is 7.48. The van der Waals surface area contributed by atoms with E-state index in [0.29, 0.717) is 26.1 Å². The molecule has 1 saturated heterocycles. The summed E-state index contributed by atoms with van der Waals surface area (Å²) in [5.74, 6) is 0.330. The second-order valence-electron chi connectivity index (χ2n) is 6.40. The third-order valence-corrected chi connectivity index (χ3v) is 4.48. The summed E-state index contributed by atoms with van der Waals surface area (Å²) in [7, 11) is 0. The molecule has 1 atom stereocenters. The molecule has 2 amide bonds. The SMILES string of the molecule is CCCC(=O)N1CC[C@@H](c2nn(CCNC(C)=O)c3nccnc23)C1. The van der Waals surface area contributed by atoms with E-state index >= 15 is 0 Å². The Morgan fingerprint density at radius 2 is 2.12 bits per heavy atom. The summed E-state index contributed by atoms with van der Waals surface area (Å²) in [6, 6.07) is 0. The van der Waals surface area contributed by atoms with Crippen LogP contribution in [0.5, 0.6) is 0 Å². The van der Waals surface area contributed by atoms with Crippen LogP contribution in [0.25, 0.3) is 11.2 Å². The van der Waals surface area contributed by atoms with Gasteiger partial charge in [0.1, 0.15) is 5.52 Å². The van der Waals surface area contributed by atoms with Crippen molar-refractivity contribution in [3.05, 3.63) is 18.1 Å². The lowest BCUT2D eigenvalue weighted by Gasteiger charge is -2.15. The van der Waals surface area contributed by atoms with E-state index < -0.39 is 0 Å². The lowest BCUT2D eigenvalue weighted by molar-refractivity contribution is -0.130. The largest absolute Gasteiger partial charge is 0.354 e. The third-order valence-electron chi connectivity index (χ3n) is 4.48. The van der Waals surface area contributed by atoms with Gasteiger partial charge in [0.05, 0.1) is 12.2 Å². The number of nitrogens with zero attached hydrogens (tertiary/aromatic N) is 5. The van der Waals surface area contributed by atoms with Crippen molar-refractivity contribution in [3.63, 3.8) is 0 Å². The highest BCUT2D eigenvalue weighted by Crippen LogP contribution is 2.30. The fourth-order valence-corrected chi connectivity index (χ4v) is 3.28. The number of amides is 2. The van der Waals surface area contributed by atoms with Gasteiger partial charge in [0, 0.05) is 51.3 Å². The van der Waals surface area contributed by atoms with Crippen LogP contribution < -0.4 is 5.32 Å². The molecule has 3 heterocycles. The highest BCUT2D eigenvalue weighted by Gasteiger charge is 2.30. The molecule has 134 valence electrons. The van der Waals surface area contributed by atoms with Crippen LogP contribution in [0.4, 0.5) is 0 Å². The number of fused-ring (bicyclic) bond motifs is 1. The monoisotopic (exact) mass is 344 g/mol. The Balaban J connectivity index is 1.80. The van der Waals surface area contributed by atoms with Crippen molar-refractivity contribution in [2.24, 2.45) is 0 Å². The molecule has 3 rings (SSSR count). The number of nitrogens with one attached hydrogen (secondary N) is 1. The molecule has 0 aromatic carbocycles. The highest BCUT2D eigenvalue weighted by molar-refractivity contribution is 5.77. The molecule has 0 bridgehead atoms. The predicted molar refractivity (Wildman–Crippen MR) is 92.9 cm³/mol.